The van der Waals surface area contributed by atoms with E-state index in [9.17, 15) is 9.59 Å². The van der Waals surface area contributed by atoms with E-state index in [0.717, 1.165) is 11.1 Å². The number of hydrogen-bond donors (Lipinski definition) is 2. The molecule has 132 valence electrons. The van der Waals surface area contributed by atoms with Gasteiger partial charge in [0.05, 0.1) is 14.2 Å². The zero-order valence-electron chi connectivity index (χ0n) is 14.5. The molecule has 0 saturated carbocycles. The number of carbonyl (C=O) groups excluding carboxylic acids is 1. The van der Waals surface area contributed by atoms with Crippen LogP contribution in [0.25, 0.3) is 0 Å². The molecule has 2 aromatic rings. The number of rotatable bonds is 7. The maximum atomic E-state index is 12.5. The minimum atomic E-state index is -0.834. The van der Waals surface area contributed by atoms with Crippen LogP contribution in [0.5, 0.6) is 11.5 Å². The van der Waals surface area contributed by atoms with Gasteiger partial charge in [0.25, 0.3) is 5.91 Å². The first-order valence-electron chi connectivity index (χ1n) is 7.79. The fourth-order valence-electron chi connectivity index (χ4n) is 2.43. The second-order valence-corrected chi connectivity index (χ2v) is 5.55. The van der Waals surface area contributed by atoms with E-state index in [2.05, 4.69) is 5.32 Å². The Bertz CT molecular complexity index is 743. The fourth-order valence-corrected chi connectivity index (χ4v) is 2.43. The van der Waals surface area contributed by atoms with E-state index in [0.29, 0.717) is 29.2 Å². The van der Waals surface area contributed by atoms with Crippen molar-refractivity contribution < 1.29 is 24.2 Å². The maximum absolute atomic E-state index is 12.5. The second kappa shape index (κ2) is 8.19. The largest absolute Gasteiger partial charge is 0.496 e. The number of anilines is 1. The van der Waals surface area contributed by atoms with Crippen molar-refractivity contribution in [2.45, 2.75) is 19.8 Å². The molecule has 0 aliphatic carbocycles. The van der Waals surface area contributed by atoms with E-state index in [1.54, 1.807) is 50.6 Å². The first-order valence-corrected chi connectivity index (χ1v) is 7.79. The third kappa shape index (κ3) is 4.73. The van der Waals surface area contributed by atoms with Crippen LogP contribution in [0.1, 0.15) is 27.9 Å². The predicted molar refractivity (Wildman–Crippen MR) is 94.6 cm³/mol. The van der Waals surface area contributed by atoms with E-state index in [-0.39, 0.29) is 12.3 Å². The van der Waals surface area contributed by atoms with Gasteiger partial charge in [-0.05, 0) is 43.2 Å². The summed E-state index contributed by atoms with van der Waals surface area (Å²) >= 11 is 0. The van der Waals surface area contributed by atoms with Crippen LogP contribution >= 0.6 is 0 Å². The Morgan fingerprint density at radius 1 is 1.04 bits per heavy atom. The number of hydrogen-bond acceptors (Lipinski definition) is 4. The Balaban J connectivity index is 2.12. The van der Waals surface area contributed by atoms with E-state index < -0.39 is 5.97 Å². The normalized spacial score (nSPS) is 10.2. The van der Waals surface area contributed by atoms with E-state index in [4.69, 9.17) is 14.6 Å². The Labute approximate surface area is 146 Å². The summed E-state index contributed by atoms with van der Waals surface area (Å²) in [6.07, 6.45) is 0.532. The van der Waals surface area contributed by atoms with Crippen LogP contribution in [0, 0.1) is 6.92 Å². The molecule has 0 atom stereocenters. The van der Waals surface area contributed by atoms with Crippen molar-refractivity contribution in [1.29, 1.82) is 0 Å². The summed E-state index contributed by atoms with van der Waals surface area (Å²) in [6, 6.07) is 10.4. The molecule has 0 radical (unpaired) electrons. The van der Waals surface area contributed by atoms with Gasteiger partial charge in [-0.3, -0.25) is 9.59 Å². The topological polar surface area (TPSA) is 84.9 Å². The zero-order valence-corrected chi connectivity index (χ0v) is 14.5. The van der Waals surface area contributed by atoms with Gasteiger partial charge in [0, 0.05) is 23.2 Å². The molecular formula is C19H21NO5. The van der Waals surface area contributed by atoms with Crippen molar-refractivity contribution in [2.24, 2.45) is 0 Å². The highest BCUT2D eigenvalue weighted by Gasteiger charge is 2.14. The Kier molecular flexibility index (Phi) is 6.00. The van der Waals surface area contributed by atoms with E-state index in [1.165, 1.54) is 0 Å². The lowest BCUT2D eigenvalue weighted by molar-refractivity contribution is -0.136. The highest BCUT2D eigenvalue weighted by molar-refractivity contribution is 6.05. The van der Waals surface area contributed by atoms with Crippen molar-refractivity contribution in [3.05, 3.63) is 53.1 Å². The molecule has 0 spiro atoms. The second-order valence-electron chi connectivity index (χ2n) is 5.55. The summed E-state index contributed by atoms with van der Waals surface area (Å²) in [7, 11) is 3.08. The molecule has 0 saturated heterocycles. The molecule has 0 fully saturated rings. The van der Waals surface area contributed by atoms with Gasteiger partial charge >= 0.3 is 5.97 Å². The van der Waals surface area contributed by atoms with Gasteiger partial charge in [-0.2, -0.15) is 0 Å². The molecule has 0 heterocycles. The monoisotopic (exact) mass is 343 g/mol. The van der Waals surface area contributed by atoms with Gasteiger partial charge in [0.2, 0.25) is 0 Å². The first-order chi connectivity index (χ1) is 11.9. The lowest BCUT2D eigenvalue weighted by Crippen LogP contribution is -2.12. The smallest absolute Gasteiger partial charge is 0.303 e. The summed E-state index contributed by atoms with van der Waals surface area (Å²) < 4.78 is 10.6. The molecule has 2 aromatic carbocycles. The molecule has 0 aliphatic heterocycles. The standard InChI is InChI=1S/C19H21NO5/c1-12-16(24-2)10-14(11-17(12)25-3)19(23)20-15-7-4-13(5-8-15)6-9-18(21)22/h4-5,7-8,10-11H,6,9H2,1-3H3,(H,20,23)(H,21,22). The number of aryl methyl sites for hydroxylation is 1. The third-order valence-corrected chi connectivity index (χ3v) is 3.85. The molecule has 6 heteroatoms. The van der Waals surface area contributed by atoms with Gasteiger partial charge in [0.15, 0.2) is 0 Å². The summed E-state index contributed by atoms with van der Waals surface area (Å²) in [4.78, 5) is 23.1. The lowest BCUT2D eigenvalue weighted by atomic mass is 10.1. The molecule has 1 amide bonds. The predicted octanol–water partition coefficient (Wildman–Crippen LogP) is 3.28. The van der Waals surface area contributed by atoms with Crippen LogP contribution in [0.4, 0.5) is 5.69 Å². The summed E-state index contributed by atoms with van der Waals surface area (Å²) in [6.45, 7) is 1.86. The maximum Gasteiger partial charge on any atom is 0.303 e. The van der Waals surface area contributed by atoms with Crippen LogP contribution in [0.15, 0.2) is 36.4 Å². The van der Waals surface area contributed by atoms with Gasteiger partial charge < -0.3 is 19.9 Å². The average Bonchev–Trinajstić information content (AvgIpc) is 2.61. The van der Waals surface area contributed by atoms with Crippen molar-refractivity contribution in [1.82, 2.24) is 0 Å². The Morgan fingerprint density at radius 2 is 1.60 bits per heavy atom. The minimum absolute atomic E-state index is 0.0780. The molecule has 0 bridgehead atoms. The minimum Gasteiger partial charge on any atom is -0.496 e. The Hall–Kier alpha value is -3.02. The van der Waals surface area contributed by atoms with Crippen LogP contribution in [0.2, 0.25) is 0 Å². The van der Waals surface area contributed by atoms with Gasteiger partial charge in [-0.25, -0.2) is 0 Å². The summed E-state index contributed by atoms with van der Waals surface area (Å²) in [5.74, 6) is 0.0385. The van der Waals surface area contributed by atoms with Crippen LogP contribution in [-0.4, -0.2) is 31.2 Å². The van der Waals surface area contributed by atoms with Crippen molar-refractivity contribution in [3.8, 4) is 11.5 Å². The molecule has 25 heavy (non-hydrogen) atoms. The van der Waals surface area contributed by atoms with Crippen molar-refractivity contribution in [3.63, 3.8) is 0 Å². The van der Waals surface area contributed by atoms with Crippen molar-refractivity contribution >= 4 is 17.6 Å². The molecule has 2 rings (SSSR count). The Morgan fingerprint density at radius 3 is 2.08 bits per heavy atom. The molecular weight excluding hydrogens is 322 g/mol. The van der Waals surface area contributed by atoms with Crippen LogP contribution in [-0.2, 0) is 11.2 Å². The molecule has 2 N–H and O–H groups in total. The molecule has 0 unspecified atom stereocenters. The lowest BCUT2D eigenvalue weighted by Gasteiger charge is -2.13. The number of amides is 1. The highest BCUT2D eigenvalue weighted by Crippen LogP contribution is 2.29. The average molecular weight is 343 g/mol. The van der Waals surface area contributed by atoms with Crippen LogP contribution < -0.4 is 14.8 Å². The number of nitrogens with one attached hydrogen (secondary N) is 1. The number of aliphatic carboxylic acids is 1. The molecule has 6 nitrogen and oxygen atoms in total. The van der Waals surface area contributed by atoms with Gasteiger partial charge in [0.1, 0.15) is 11.5 Å². The molecule has 0 aliphatic rings. The summed E-state index contributed by atoms with van der Waals surface area (Å²) in [5, 5.41) is 11.5. The van der Waals surface area contributed by atoms with Gasteiger partial charge in [-0.15, -0.1) is 0 Å². The SMILES string of the molecule is COc1cc(C(=O)Nc2ccc(CCC(=O)O)cc2)cc(OC)c1C. The van der Waals surface area contributed by atoms with E-state index in [1.807, 2.05) is 6.92 Å². The number of carboxylic acid groups (broad SMARTS) is 1. The zero-order chi connectivity index (χ0) is 18.4. The van der Waals surface area contributed by atoms with E-state index >= 15 is 0 Å². The number of methoxy groups -OCH3 is 2. The third-order valence-electron chi connectivity index (χ3n) is 3.85. The summed E-state index contributed by atoms with van der Waals surface area (Å²) in [5.41, 5.74) is 2.78. The first kappa shape index (κ1) is 18.3. The molecule has 0 aromatic heterocycles. The fraction of sp³-hybridized carbons (Fsp3) is 0.263. The number of carbonyl (C=O) groups is 2. The highest BCUT2D eigenvalue weighted by atomic mass is 16.5. The number of ether oxygens (including phenoxy) is 2. The quantitative estimate of drug-likeness (QED) is 0.806. The van der Waals surface area contributed by atoms with Crippen LogP contribution in [0.3, 0.4) is 0 Å². The number of benzene rings is 2. The van der Waals surface area contributed by atoms with Gasteiger partial charge in [-0.1, -0.05) is 12.1 Å². The number of carboxylic acids is 1. The van der Waals surface area contributed by atoms with Crippen molar-refractivity contribution in [2.75, 3.05) is 19.5 Å².